The fraction of sp³-hybridized carbons (Fsp3) is 0.263. The van der Waals surface area contributed by atoms with Gasteiger partial charge in [-0.3, -0.25) is 14.9 Å². The number of amides is 2. The molecular weight excluding hydrogens is 364 g/mol. The normalized spacial score (nSPS) is 16.7. The monoisotopic (exact) mass is 382 g/mol. The van der Waals surface area contributed by atoms with Gasteiger partial charge in [-0.2, -0.15) is 0 Å². The summed E-state index contributed by atoms with van der Waals surface area (Å²) in [6.07, 6.45) is 1.82. The Hall–Kier alpha value is -3.00. The van der Waals surface area contributed by atoms with Gasteiger partial charge in [0.25, 0.3) is 5.91 Å². The molecule has 138 valence electrons. The molecule has 2 aromatic heterocycles. The molecule has 3 heterocycles. The largest absolute Gasteiger partial charge is 0.459 e. The Bertz CT molecular complexity index is 976. The van der Waals surface area contributed by atoms with Crippen LogP contribution in [0.5, 0.6) is 0 Å². The van der Waals surface area contributed by atoms with Crippen molar-refractivity contribution in [3.8, 4) is 0 Å². The van der Waals surface area contributed by atoms with E-state index in [-0.39, 0.29) is 23.5 Å². The van der Waals surface area contributed by atoms with Gasteiger partial charge in [0.15, 0.2) is 5.76 Å². The molecular formula is C19H18N4O3S. The van der Waals surface area contributed by atoms with E-state index in [0.29, 0.717) is 18.1 Å². The molecule has 1 saturated heterocycles. The first-order valence-corrected chi connectivity index (χ1v) is 9.38. The number of carbonyl (C=O) groups excluding carboxylic acids is 2. The second-order valence-electron chi connectivity index (χ2n) is 6.63. The molecule has 0 spiro atoms. The molecule has 0 radical (unpaired) electrons. The Morgan fingerprint density at radius 1 is 1.26 bits per heavy atom. The molecule has 1 atom stereocenters. The molecule has 0 bridgehead atoms. The summed E-state index contributed by atoms with van der Waals surface area (Å²) >= 11 is 1.29. The van der Waals surface area contributed by atoms with Crippen LogP contribution in [0.1, 0.15) is 39.0 Å². The topological polar surface area (TPSA) is 88.3 Å². The van der Waals surface area contributed by atoms with Crippen LogP contribution in [-0.4, -0.2) is 28.6 Å². The lowest BCUT2D eigenvalue weighted by Crippen LogP contribution is -2.24. The quantitative estimate of drug-likeness (QED) is 0.746. The van der Waals surface area contributed by atoms with E-state index in [9.17, 15) is 9.59 Å². The molecule has 4 rings (SSSR count). The number of rotatable bonds is 4. The average Bonchev–Trinajstić information content (AvgIpc) is 3.34. The van der Waals surface area contributed by atoms with Gasteiger partial charge in [-0.15, -0.1) is 10.2 Å². The maximum Gasteiger partial charge on any atom is 0.293 e. The molecule has 8 heteroatoms. The third-order valence-electron chi connectivity index (χ3n) is 4.40. The zero-order valence-electron chi connectivity index (χ0n) is 14.9. The van der Waals surface area contributed by atoms with Gasteiger partial charge in [0, 0.05) is 24.6 Å². The van der Waals surface area contributed by atoms with Crippen LogP contribution < -0.4 is 10.2 Å². The molecule has 3 aromatic rings. The number of benzene rings is 1. The zero-order chi connectivity index (χ0) is 19.0. The van der Waals surface area contributed by atoms with Crippen LogP contribution in [0.2, 0.25) is 0 Å². The summed E-state index contributed by atoms with van der Waals surface area (Å²) in [5.74, 6) is -0.127. The van der Waals surface area contributed by atoms with E-state index in [0.717, 1.165) is 21.8 Å². The van der Waals surface area contributed by atoms with Gasteiger partial charge in [-0.25, -0.2) is 0 Å². The van der Waals surface area contributed by atoms with E-state index in [1.807, 2.05) is 26.0 Å². The van der Waals surface area contributed by atoms with E-state index in [1.165, 1.54) is 17.6 Å². The van der Waals surface area contributed by atoms with Gasteiger partial charge in [0.1, 0.15) is 5.01 Å². The molecule has 0 saturated carbocycles. The van der Waals surface area contributed by atoms with Crippen LogP contribution in [0, 0.1) is 13.8 Å². The highest BCUT2D eigenvalue weighted by Gasteiger charge is 2.34. The smallest absolute Gasteiger partial charge is 0.293 e. The third kappa shape index (κ3) is 3.61. The average molecular weight is 382 g/mol. The van der Waals surface area contributed by atoms with Crippen molar-refractivity contribution in [2.24, 2.45) is 0 Å². The number of furan rings is 1. The van der Waals surface area contributed by atoms with E-state index in [4.69, 9.17) is 4.42 Å². The Kier molecular flexibility index (Phi) is 4.49. The predicted octanol–water partition coefficient (Wildman–Crippen LogP) is 3.52. The van der Waals surface area contributed by atoms with Crippen LogP contribution in [-0.2, 0) is 4.79 Å². The van der Waals surface area contributed by atoms with Crippen molar-refractivity contribution in [3.63, 3.8) is 0 Å². The van der Waals surface area contributed by atoms with Gasteiger partial charge in [0.2, 0.25) is 11.0 Å². The lowest BCUT2D eigenvalue weighted by molar-refractivity contribution is -0.117. The zero-order valence-corrected chi connectivity index (χ0v) is 15.7. The van der Waals surface area contributed by atoms with Gasteiger partial charge in [-0.1, -0.05) is 17.4 Å². The summed E-state index contributed by atoms with van der Waals surface area (Å²) in [6.45, 7) is 4.60. The molecule has 1 aromatic carbocycles. The second kappa shape index (κ2) is 6.96. The Morgan fingerprint density at radius 2 is 2.04 bits per heavy atom. The third-order valence-corrected chi connectivity index (χ3v) is 5.40. The SMILES string of the molecule is Cc1cc(C)cc(N2C[C@H](c3nnc(NC(=O)c4ccco4)s3)CC2=O)c1. The molecule has 7 nitrogen and oxygen atoms in total. The first kappa shape index (κ1) is 17.4. The van der Waals surface area contributed by atoms with Crippen LogP contribution in [0.15, 0.2) is 41.0 Å². The summed E-state index contributed by atoms with van der Waals surface area (Å²) in [4.78, 5) is 26.4. The number of hydrogen-bond acceptors (Lipinski definition) is 6. The van der Waals surface area contributed by atoms with E-state index >= 15 is 0 Å². The number of nitrogens with zero attached hydrogens (tertiary/aromatic N) is 3. The predicted molar refractivity (Wildman–Crippen MR) is 102 cm³/mol. The fourth-order valence-corrected chi connectivity index (χ4v) is 4.08. The van der Waals surface area contributed by atoms with Crippen molar-refractivity contribution in [1.82, 2.24) is 10.2 Å². The molecule has 1 fully saturated rings. The highest BCUT2D eigenvalue weighted by molar-refractivity contribution is 7.15. The van der Waals surface area contributed by atoms with Gasteiger partial charge < -0.3 is 9.32 Å². The molecule has 1 aliphatic heterocycles. The first-order chi connectivity index (χ1) is 13.0. The highest BCUT2D eigenvalue weighted by Crippen LogP contribution is 2.34. The van der Waals surface area contributed by atoms with Crippen LogP contribution >= 0.6 is 11.3 Å². The minimum Gasteiger partial charge on any atom is -0.459 e. The lowest BCUT2D eigenvalue weighted by Gasteiger charge is -2.17. The molecule has 2 amide bonds. The maximum absolute atomic E-state index is 12.5. The minimum absolute atomic E-state index is 0.0370. The van der Waals surface area contributed by atoms with Crippen molar-refractivity contribution < 1.29 is 14.0 Å². The summed E-state index contributed by atoms with van der Waals surface area (Å²) in [6, 6.07) is 9.34. The molecule has 0 aliphatic carbocycles. The number of anilines is 2. The van der Waals surface area contributed by atoms with Crippen molar-refractivity contribution in [2.45, 2.75) is 26.2 Å². The minimum atomic E-state index is -0.373. The van der Waals surface area contributed by atoms with E-state index < -0.39 is 0 Å². The summed E-state index contributed by atoms with van der Waals surface area (Å²) in [5.41, 5.74) is 3.16. The molecule has 27 heavy (non-hydrogen) atoms. The number of nitrogens with one attached hydrogen (secondary N) is 1. The van der Waals surface area contributed by atoms with Crippen LogP contribution in [0.25, 0.3) is 0 Å². The van der Waals surface area contributed by atoms with E-state index in [2.05, 4.69) is 21.6 Å². The van der Waals surface area contributed by atoms with Crippen LogP contribution in [0.4, 0.5) is 10.8 Å². The molecule has 0 unspecified atom stereocenters. The number of aryl methyl sites for hydroxylation is 2. The van der Waals surface area contributed by atoms with Crippen molar-refractivity contribution in [1.29, 1.82) is 0 Å². The van der Waals surface area contributed by atoms with Gasteiger partial charge >= 0.3 is 0 Å². The summed E-state index contributed by atoms with van der Waals surface area (Å²) < 4.78 is 5.06. The first-order valence-electron chi connectivity index (χ1n) is 8.56. The number of aromatic nitrogens is 2. The van der Waals surface area contributed by atoms with Crippen molar-refractivity contribution >= 4 is 34.0 Å². The second-order valence-corrected chi connectivity index (χ2v) is 7.64. The summed E-state index contributed by atoms with van der Waals surface area (Å²) in [5, 5.41) is 12.0. The van der Waals surface area contributed by atoms with Crippen LogP contribution in [0.3, 0.4) is 0 Å². The number of hydrogen-bond donors (Lipinski definition) is 1. The maximum atomic E-state index is 12.5. The van der Waals surface area contributed by atoms with E-state index in [1.54, 1.807) is 17.0 Å². The summed E-state index contributed by atoms with van der Waals surface area (Å²) in [7, 11) is 0. The lowest BCUT2D eigenvalue weighted by atomic mass is 10.1. The molecule has 1 N–H and O–H groups in total. The Balaban J connectivity index is 1.48. The highest BCUT2D eigenvalue weighted by atomic mass is 32.1. The van der Waals surface area contributed by atoms with Crippen molar-refractivity contribution in [2.75, 3.05) is 16.8 Å². The Morgan fingerprint density at radius 3 is 2.74 bits per heavy atom. The Labute approximate surface area is 160 Å². The standard InChI is InChI=1S/C19H18N4O3S/c1-11-6-12(2)8-14(7-11)23-10-13(9-16(23)24)18-21-22-19(27-18)20-17(25)15-4-3-5-26-15/h3-8,13H,9-10H2,1-2H3,(H,20,22,25)/t13-/m1/s1. The van der Waals surface area contributed by atoms with Gasteiger partial charge in [0.05, 0.1) is 6.26 Å². The van der Waals surface area contributed by atoms with Crippen molar-refractivity contribution in [3.05, 3.63) is 58.5 Å². The van der Waals surface area contributed by atoms with Gasteiger partial charge in [-0.05, 0) is 49.2 Å². The fourth-order valence-electron chi connectivity index (χ4n) is 3.25. The number of carbonyl (C=O) groups is 2. The molecule has 1 aliphatic rings.